The molecule has 0 amide bonds. The van der Waals surface area contributed by atoms with Gasteiger partial charge in [0.2, 0.25) is 0 Å². The van der Waals surface area contributed by atoms with E-state index >= 15 is 0 Å². The molecule has 78 valence electrons. The monoisotopic (exact) mass is 257 g/mol. The zero-order valence-corrected chi connectivity index (χ0v) is 10.0. The molecule has 4 heteroatoms. The summed E-state index contributed by atoms with van der Waals surface area (Å²) in [6.07, 6.45) is 5.63. The number of nitrogens with two attached hydrogens (primary N) is 1. The van der Waals surface area contributed by atoms with Crippen LogP contribution in [0.4, 0.5) is 0 Å². The molecule has 0 fully saturated rings. The molecule has 0 saturated carbocycles. The minimum absolute atomic E-state index is 0.138. The van der Waals surface area contributed by atoms with Gasteiger partial charge in [-0.1, -0.05) is 6.92 Å². The molecule has 3 nitrogen and oxygen atoms in total. The van der Waals surface area contributed by atoms with Gasteiger partial charge in [-0.15, -0.1) is 0 Å². The molecule has 1 aliphatic heterocycles. The van der Waals surface area contributed by atoms with Crippen LogP contribution in [0.3, 0.4) is 0 Å². The second kappa shape index (κ2) is 4.03. The van der Waals surface area contributed by atoms with Gasteiger partial charge in [-0.3, -0.25) is 0 Å². The van der Waals surface area contributed by atoms with E-state index in [1.54, 1.807) is 0 Å². The van der Waals surface area contributed by atoms with Gasteiger partial charge in [-0.25, -0.2) is 4.98 Å². The van der Waals surface area contributed by atoms with Crippen molar-refractivity contribution in [2.45, 2.75) is 45.2 Å². The predicted molar refractivity (Wildman–Crippen MR) is 60.1 cm³/mol. The van der Waals surface area contributed by atoms with Gasteiger partial charge in [-0.2, -0.15) is 0 Å². The maximum atomic E-state index is 6.09. The van der Waals surface area contributed by atoms with Crippen LogP contribution in [0.5, 0.6) is 0 Å². The zero-order chi connectivity index (χ0) is 10.1. The molecule has 1 atom stereocenters. The third-order valence-corrected chi connectivity index (χ3v) is 3.39. The number of aromatic nitrogens is 2. The second-order valence-electron chi connectivity index (χ2n) is 3.85. The Hall–Kier alpha value is -0.350. The van der Waals surface area contributed by atoms with Crippen LogP contribution in [0.1, 0.15) is 43.9 Å². The fourth-order valence-electron chi connectivity index (χ4n) is 2.11. The Morgan fingerprint density at radius 2 is 2.43 bits per heavy atom. The van der Waals surface area contributed by atoms with E-state index in [9.17, 15) is 0 Å². The first-order valence-electron chi connectivity index (χ1n) is 5.25. The Balaban J connectivity index is 2.42. The molecule has 0 spiro atoms. The SMILES string of the molecule is CCCc1nc(Br)c2n1C(N)CCC2. The van der Waals surface area contributed by atoms with E-state index in [1.807, 2.05) is 0 Å². The molecule has 14 heavy (non-hydrogen) atoms. The number of fused-ring (bicyclic) bond motifs is 1. The zero-order valence-electron chi connectivity index (χ0n) is 8.46. The molecule has 2 N–H and O–H groups in total. The minimum Gasteiger partial charge on any atom is -0.315 e. The summed E-state index contributed by atoms with van der Waals surface area (Å²) in [6, 6.07) is 0. The number of halogens is 1. The number of imidazole rings is 1. The third-order valence-electron chi connectivity index (χ3n) is 2.75. The van der Waals surface area contributed by atoms with Gasteiger partial charge in [0.25, 0.3) is 0 Å². The molecule has 0 bridgehead atoms. The van der Waals surface area contributed by atoms with E-state index < -0.39 is 0 Å². The number of hydrogen-bond acceptors (Lipinski definition) is 2. The fourth-order valence-corrected chi connectivity index (χ4v) is 2.70. The third kappa shape index (κ3) is 1.61. The van der Waals surface area contributed by atoms with Crippen molar-refractivity contribution in [1.29, 1.82) is 0 Å². The minimum atomic E-state index is 0.138. The molecular weight excluding hydrogens is 242 g/mol. The van der Waals surface area contributed by atoms with Crippen LogP contribution in [-0.2, 0) is 12.8 Å². The van der Waals surface area contributed by atoms with E-state index in [-0.39, 0.29) is 6.17 Å². The van der Waals surface area contributed by atoms with Gasteiger partial charge in [0.1, 0.15) is 10.4 Å². The summed E-state index contributed by atoms with van der Waals surface area (Å²) in [4.78, 5) is 4.53. The lowest BCUT2D eigenvalue weighted by Crippen LogP contribution is -2.26. The van der Waals surface area contributed by atoms with Gasteiger partial charge in [0.15, 0.2) is 0 Å². The van der Waals surface area contributed by atoms with Crippen molar-refractivity contribution >= 4 is 15.9 Å². The first-order valence-corrected chi connectivity index (χ1v) is 6.04. The summed E-state index contributed by atoms with van der Waals surface area (Å²) in [7, 11) is 0. The van der Waals surface area contributed by atoms with E-state index in [0.717, 1.165) is 36.1 Å². The van der Waals surface area contributed by atoms with Crippen molar-refractivity contribution in [2.75, 3.05) is 0 Å². The van der Waals surface area contributed by atoms with E-state index in [4.69, 9.17) is 5.73 Å². The van der Waals surface area contributed by atoms with Crippen molar-refractivity contribution in [3.8, 4) is 0 Å². The summed E-state index contributed by atoms with van der Waals surface area (Å²) in [5.41, 5.74) is 7.38. The highest BCUT2D eigenvalue weighted by atomic mass is 79.9. The Labute approximate surface area is 92.8 Å². The molecule has 2 rings (SSSR count). The lowest BCUT2D eigenvalue weighted by molar-refractivity contribution is 0.400. The largest absolute Gasteiger partial charge is 0.315 e. The predicted octanol–water partition coefficient (Wildman–Crippen LogP) is 2.39. The summed E-state index contributed by atoms with van der Waals surface area (Å²) < 4.78 is 3.22. The van der Waals surface area contributed by atoms with Crippen LogP contribution in [0.15, 0.2) is 4.60 Å². The Bertz CT molecular complexity index is 332. The Morgan fingerprint density at radius 1 is 1.64 bits per heavy atom. The maximum absolute atomic E-state index is 6.09. The van der Waals surface area contributed by atoms with Crippen molar-refractivity contribution < 1.29 is 0 Å². The summed E-state index contributed by atoms with van der Waals surface area (Å²) in [5.74, 6) is 1.14. The number of rotatable bonds is 2. The van der Waals surface area contributed by atoms with Gasteiger partial charge in [0.05, 0.1) is 11.9 Å². The smallest absolute Gasteiger partial charge is 0.127 e. The summed E-state index contributed by atoms with van der Waals surface area (Å²) in [5, 5.41) is 0. The molecule has 0 aromatic carbocycles. The summed E-state index contributed by atoms with van der Waals surface area (Å²) >= 11 is 3.51. The van der Waals surface area contributed by atoms with Crippen molar-refractivity contribution in [1.82, 2.24) is 9.55 Å². The molecule has 1 aromatic heterocycles. The topological polar surface area (TPSA) is 43.8 Å². The standard InChI is InChI=1S/C10H16BrN3/c1-2-4-9-13-10(11)7-5-3-6-8(12)14(7)9/h8H,2-6,12H2,1H3. The molecule has 1 aliphatic rings. The van der Waals surface area contributed by atoms with Crippen LogP contribution in [-0.4, -0.2) is 9.55 Å². The first kappa shape index (κ1) is 10.2. The van der Waals surface area contributed by atoms with Crippen LogP contribution < -0.4 is 5.73 Å². The van der Waals surface area contributed by atoms with Gasteiger partial charge in [0, 0.05) is 6.42 Å². The van der Waals surface area contributed by atoms with Crippen LogP contribution in [0, 0.1) is 0 Å². The molecular formula is C10H16BrN3. The number of nitrogens with zero attached hydrogens (tertiary/aromatic N) is 2. The Kier molecular flexibility index (Phi) is 2.93. The maximum Gasteiger partial charge on any atom is 0.127 e. The van der Waals surface area contributed by atoms with Crippen LogP contribution in [0.2, 0.25) is 0 Å². The van der Waals surface area contributed by atoms with Crippen molar-refractivity contribution in [2.24, 2.45) is 5.73 Å². The molecule has 0 saturated heterocycles. The van der Waals surface area contributed by atoms with Gasteiger partial charge < -0.3 is 10.3 Å². The lowest BCUT2D eigenvalue weighted by Gasteiger charge is -2.23. The highest BCUT2D eigenvalue weighted by Gasteiger charge is 2.22. The van der Waals surface area contributed by atoms with Crippen LogP contribution in [0.25, 0.3) is 0 Å². The molecule has 0 radical (unpaired) electrons. The van der Waals surface area contributed by atoms with Gasteiger partial charge >= 0.3 is 0 Å². The van der Waals surface area contributed by atoms with Crippen molar-refractivity contribution in [3.63, 3.8) is 0 Å². The highest BCUT2D eigenvalue weighted by molar-refractivity contribution is 9.10. The first-order chi connectivity index (χ1) is 6.74. The average Bonchev–Trinajstić information content (AvgIpc) is 2.46. The average molecular weight is 258 g/mol. The molecule has 0 aliphatic carbocycles. The number of hydrogen-bond donors (Lipinski definition) is 1. The molecule has 2 heterocycles. The van der Waals surface area contributed by atoms with Crippen molar-refractivity contribution in [3.05, 3.63) is 16.1 Å². The number of aryl methyl sites for hydroxylation is 1. The lowest BCUT2D eigenvalue weighted by atomic mass is 10.1. The van der Waals surface area contributed by atoms with Crippen LogP contribution >= 0.6 is 15.9 Å². The highest BCUT2D eigenvalue weighted by Crippen LogP contribution is 2.29. The molecule has 1 unspecified atom stereocenters. The Morgan fingerprint density at radius 3 is 3.14 bits per heavy atom. The normalized spacial score (nSPS) is 20.9. The van der Waals surface area contributed by atoms with E-state index in [0.29, 0.717) is 0 Å². The fraction of sp³-hybridized carbons (Fsp3) is 0.700. The molecule has 1 aromatic rings. The van der Waals surface area contributed by atoms with E-state index in [2.05, 4.69) is 32.4 Å². The second-order valence-corrected chi connectivity index (χ2v) is 4.60. The quantitative estimate of drug-likeness (QED) is 0.885. The van der Waals surface area contributed by atoms with E-state index in [1.165, 1.54) is 12.1 Å². The van der Waals surface area contributed by atoms with Gasteiger partial charge in [-0.05, 0) is 41.6 Å². The summed E-state index contributed by atoms with van der Waals surface area (Å²) in [6.45, 7) is 2.17.